The lowest BCUT2D eigenvalue weighted by Gasteiger charge is -2.54. The Bertz CT molecular complexity index is 659. The quantitative estimate of drug-likeness (QED) is 0.761. The molecule has 2 aromatic rings. The van der Waals surface area contributed by atoms with Gasteiger partial charge in [0.05, 0.1) is 6.33 Å². The van der Waals surface area contributed by atoms with Gasteiger partial charge in [-0.1, -0.05) is 59.7 Å². The molecule has 1 aliphatic rings. The van der Waals surface area contributed by atoms with Crippen molar-refractivity contribution in [2.75, 3.05) is 0 Å². The molecule has 0 saturated carbocycles. The molecule has 0 fully saturated rings. The lowest BCUT2D eigenvalue weighted by atomic mass is 9.99. The molecule has 3 rings (SSSR count). The standard InChI is InChI=1S/C18H26N2Si/c1-13(2)21(14(3)4)17-11-19-12-20(17)16-10-8-7-9-15(16)18(21,5)6/h7-14H,1-6H3. The molecule has 0 saturated heterocycles. The molecule has 21 heavy (non-hydrogen) atoms. The van der Waals surface area contributed by atoms with Crippen LogP contribution in [0.25, 0.3) is 5.69 Å². The predicted octanol–water partition coefficient (Wildman–Crippen LogP) is 4.18. The number of benzene rings is 1. The van der Waals surface area contributed by atoms with Gasteiger partial charge in [0.1, 0.15) is 8.07 Å². The minimum Gasteiger partial charge on any atom is -0.307 e. The monoisotopic (exact) mass is 298 g/mol. The summed E-state index contributed by atoms with van der Waals surface area (Å²) in [6.45, 7) is 14.6. The van der Waals surface area contributed by atoms with Crippen LogP contribution in [-0.4, -0.2) is 17.6 Å². The number of aromatic nitrogens is 2. The third kappa shape index (κ3) is 1.61. The number of rotatable bonds is 2. The third-order valence-electron chi connectivity index (χ3n) is 5.75. The van der Waals surface area contributed by atoms with Crippen molar-refractivity contribution in [2.24, 2.45) is 0 Å². The van der Waals surface area contributed by atoms with E-state index in [2.05, 4.69) is 81.6 Å². The van der Waals surface area contributed by atoms with E-state index in [0.29, 0.717) is 11.1 Å². The fourth-order valence-electron chi connectivity index (χ4n) is 5.25. The lowest BCUT2D eigenvalue weighted by Crippen LogP contribution is -2.69. The molecule has 2 heterocycles. The van der Waals surface area contributed by atoms with Crippen molar-refractivity contribution < 1.29 is 0 Å². The molecule has 0 radical (unpaired) electrons. The molecule has 3 heteroatoms. The van der Waals surface area contributed by atoms with Crippen molar-refractivity contribution in [2.45, 2.75) is 57.7 Å². The Morgan fingerprint density at radius 3 is 2.29 bits per heavy atom. The highest BCUT2D eigenvalue weighted by Gasteiger charge is 2.58. The summed E-state index contributed by atoms with van der Waals surface area (Å²) in [6, 6.07) is 8.88. The van der Waals surface area contributed by atoms with Crippen molar-refractivity contribution in [3.8, 4) is 5.69 Å². The number of hydrogen-bond acceptors (Lipinski definition) is 1. The van der Waals surface area contributed by atoms with Crippen LogP contribution in [0.3, 0.4) is 0 Å². The fourth-order valence-corrected chi connectivity index (χ4v) is 12.8. The normalized spacial score (nSPS) is 18.7. The van der Waals surface area contributed by atoms with E-state index in [9.17, 15) is 0 Å². The van der Waals surface area contributed by atoms with E-state index in [-0.39, 0.29) is 5.04 Å². The van der Waals surface area contributed by atoms with E-state index in [4.69, 9.17) is 0 Å². The Kier molecular flexibility index (Phi) is 3.17. The van der Waals surface area contributed by atoms with E-state index >= 15 is 0 Å². The van der Waals surface area contributed by atoms with Crippen LogP contribution in [0.5, 0.6) is 0 Å². The van der Waals surface area contributed by atoms with Crippen LogP contribution >= 0.6 is 0 Å². The molecule has 0 atom stereocenters. The second kappa shape index (κ2) is 4.57. The summed E-state index contributed by atoms with van der Waals surface area (Å²) in [4.78, 5) is 4.53. The number of nitrogens with zero attached hydrogens (tertiary/aromatic N) is 2. The van der Waals surface area contributed by atoms with Gasteiger partial charge >= 0.3 is 0 Å². The summed E-state index contributed by atoms with van der Waals surface area (Å²) in [5.41, 5.74) is 4.16. The van der Waals surface area contributed by atoms with Crippen LogP contribution in [0, 0.1) is 0 Å². The fraction of sp³-hybridized carbons (Fsp3) is 0.500. The molecule has 1 aromatic heterocycles. The molecule has 0 unspecified atom stereocenters. The molecular formula is C18H26N2Si. The average Bonchev–Trinajstić information content (AvgIpc) is 2.87. The van der Waals surface area contributed by atoms with Crippen LogP contribution in [-0.2, 0) is 5.04 Å². The number of imidazole rings is 1. The first kappa shape index (κ1) is 14.6. The Hall–Kier alpha value is -1.35. The second-order valence-electron chi connectivity index (χ2n) is 7.47. The van der Waals surface area contributed by atoms with Crippen LogP contribution < -0.4 is 5.32 Å². The molecule has 1 aromatic carbocycles. The average molecular weight is 299 g/mol. The zero-order valence-electron chi connectivity index (χ0n) is 14.0. The first-order chi connectivity index (χ1) is 9.85. The van der Waals surface area contributed by atoms with Gasteiger partial charge in [-0.05, 0) is 27.8 Å². The van der Waals surface area contributed by atoms with Gasteiger partial charge in [-0.15, -0.1) is 0 Å². The zero-order chi connectivity index (χ0) is 15.4. The predicted molar refractivity (Wildman–Crippen MR) is 92.2 cm³/mol. The molecule has 0 spiro atoms. The van der Waals surface area contributed by atoms with Crippen LogP contribution in [0.4, 0.5) is 0 Å². The highest BCUT2D eigenvalue weighted by atomic mass is 28.3. The molecule has 2 nitrogen and oxygen atoms in total. The first-order valence-electron chi connectivity index (χ1n) is 7.97. The van der Waals surface area contributed by atoms with E-state index in [1.54, 1.807) is 0 Å². The van der Waals surface area contributed by atoms with Gasteiger partial charge in [-0.25, -0.2) is 4.98 Å². The van der Waals surface area contributed by atoms with Gasteiger partial charge in [0.15, 0.2) is 0 Å². The van der Waals surface area contributed by atoms with Crippen molar-refractivity contribution in [1.82, 2.24) is 9.55 Å². The minimum absolute atomic E-state index is 0.210. The largest absolute Gasteiger partial charge is 0.307 e. The molecule has 0 amide bonds. The van der Waals surface area contributed by atoms with Crippen molar-refractivity contribution in [1.29, 1.82) is 0 Å². The van der Waals surface area contributed by atoms with E-state index in [0.717, 1.165) is 0 Å². The highest BCUT2D eigenvalue weighted by molar-refractivity contribution is 6.96. The van der Waals surface area contributed by atoms with Gasteiger partial charge in [0, 0.05) is 17.2 Å². The number of para-hydroxylation sites is 1. The maximum absolute atomic E-state index is 4.53. The smallest absolute Gasteiger partial charge is 0.125 e. The van der Waals surface area contributed by atoms with Gasteiger partial charge in [-0.2, -0.15) is 0 Å². The van der Waals surface area contributed by atoms with Crippen molar-refractivity contribution in [3.05, 3.63) is 42.4 Å². The summed E-state index contributed by atoms with van der Waals surface area (Å²) in [7, 11) is -1.78. The molecule has 1 aliphatic heterocycles. The molecule has 0 aliphatic carbocycles. The first-order valence-corrected chi connectivity index (χ1v) is 10.1. The Morgan fingerprint density at radius 2 is 1.67 bits per heavy atom. The van der Waals surface area contributed by atoms with Gasteiger partial charge in [-0.3, -0.25) is 0 Å². The van der Waals surface area contributed by atoms with Crippen LogP contribution in [0.2, 0.25) is 11.1 Å². The molecule has 0 N–H and O–H groups in total. The zero-order valence-corrected chi connectivity index (χ0v) is 15.0. The summed E-state index contributed by atoms with van der Waals surface area (Å²) in [5, 5.41) is 1.71. The number of fused-ring (bicyclic) bond motifs is 3. The Balaban J connectivity index is 2.44. The van der Waals surface area contributed by atoms with Crippen molar-refractivity contribution in [3.63, 3.8) is 0 Å². The molecule has 0 bridgehead atoms. The highest BCUT2D eigenvalue weighted by Crippen LogP contribution is 2.50. The van der Waals surface area contributed by atoms with Crippen LogP contribution in [0.1, 0.15) is 47.1 Å². The Labute approximate surface area is 129 Å². The van der Waals surface area contributed by atoms with E-state index in [1.165, 1.54) is 16.6 Å². The van der Waals surface area contributed by atoms with Crippen LogP contribution in [0.15, 0.2) is 36.8 Å². The van der Waals surface area contributed by atoms with E-state index < -0.39 is 8.07 Å². The maximum Gasteiger partial charge on any atom is 0.125 e. The minimum atomic E-state index is -1.78. The summed E-state index contributed by atoms with van der Waals surface area (Å²) < 4.78 is 2.37. The molecule has 112 valence electrons. The number of hydrogen-bond donors (Lipinski definition) is 0. The summed E-state index contributed by atoms with van der Waals surface area (Å²) >= 11 is 0. The van der Waals surface area contributed by atoms with Gasteiger partial charge < -0.3 is 4.57 Å². The molecular weight excluding hydrogens is 272 g/mol. The SMILES string of the molecule is CC(C)[Si]1(C(C)C)c2cncn2-c2ccccc2C1(C)C. The summed E-state index contributed by atoms with van der Waals surface area (Å²) in [5.74, 6) is 0. The van der Waals surface area contributed by atoms with Crippen molar-refractivity contribution >= 4 is 13.4 Å². The van der Waals surface area contributed by atoms with E-state index in [1.807, 2.05) is 6.33 Å². The lowest BCUT2D eigenvalue weighted by molar-refractivity contribution is 0.647. The van der Waals surface area contributed by atoms with Gasteiger partial charge in [0.2, 0.25) is 0 Å². The second-order valence-corrected chi connectivity index (χ2v) is 13.3. The summed E-state index contributed by atoms with van der Waals surface area (Å²) in [6.07, 6.45) is 4.15. The maximum atomic E-state index is 4.53. The van der Waals surface area contributed by atoms with Gasteiger partial charge in [0.25, 0.3) is 0 Å². The Morgan fingerprint density at radius 1 is 1.05 bits per heavy atom. The topological polar surface area (TPSA) is 17.8 Å². The third-order valence-corrected chi connectivity index (χ3v) is 13.0.